The van der Waals surface area contributed by atoms with Crippen LogP contribution < -0.4 is 0 Å². The average molecular weight is 411 g/mol. The van der Waals surface area contributed by atoms with Crippen molar-refractivity contribution in [3.63, 3.8) is 0 Å². The SMILES string of the molecule is CCN(CC)C(=O)O[C@H]1C[C@H]2CC(N(Cl)CC(=O)N3CCC[C@H]3C#N)C[C@H]2C1. The maximum Gasteiger partial charge on any atom is 0.410 e. The quantitative estimate of drug-likeness (QED) is 0.629. The van der Waals surface area contributed by atoms with Crippen LogP contribution in [0.5, 0.6) is 0 Å². The number of carbonyl (C=O) groups excluding carboxylic acids is 2. The van der Waals surface area contributed by atoms with Gasteiger partial charge in [-0.1, -0.05) is 0 Å². The monoisotopic (exact) mass is 410 g/mol. The van der Waals surface area contributed by atoms with E-state index in [0.717, 1.165) is 38.5 Å². The van der Waals surface area contributed by atoms with E-state index in [1.165, 1.54) is 0 Å². The van der Waals surface area contributed by atoms with Gasteiger partial charge in [0.1, 0.15) is 12.1 Å². The highest BCUT2D eigenvalue weighted by molar-refractivity contribution is 6.14. The van der Waals surface area contributed by atoms with Gasteiger partial charge in [0.15, 0.2) is 0 Å². The lowest BCUT2D eigenvalue weighted by Gasteiger charge is -2.26. The highest BCUT2D eigenvalue weighted by Gasteiger charge is 2.45. The topological polar surface area (TPSA) is 76.9 Å². The van der Waals surface area contributed by atoms with Crippen LogP contribution in [0.3, 0.4) is 0 Å². The summed E-state index contributed by atoms with van der Waals surface area (Å²) in [6.07, 6.45) is 5.05. The van der Waals surface area contributed by atoms with Gasteiger partial charge < -0.3 is 14.5 Å². The first-order valence-electron chi connectivity index (χ1n) is 10.5. The van der Waals surface area contributed by atoms with Gasteiger partial charge in [-0.3, -0.25) is 4.79 Å². The van der Waals surface area contributed by atoms with E-state index in [1.807, 2.05) is 13.8 Å². The van der Waals surface area contributed by atoms with E-state index < -0.39 is 0 Å². The fourth-order valence-electron chi connectivity index (χ4n) is 5.10. The number of amides is 2. The van der Waals surface area contributed by atoms with Crippen molar-refractivity contribution in [3.8, 4) is 6.07 Å². The predicted molar refractivity (Wildman–Crippen MR) is 105 cm³/mol. The van der Waals surface area contributed by atoms with Gasteiger partial charge >= 0.3 is 6.09 Å². The molecule has 3 fully saturated rings. The smallest absolute Gasteiger partial charge is 0.410 e. The molecule has 0 N–H and O–H groups in total. The zero-order chi connectivity index (χ0) is 20.3. The lowest BCUT2D eigenvalue weighted by molar-refractivity contribution is -0.131. The number of nitriles is 1. The number of hydrogen-bond donors (Lipinski definition) is 0. The molecule has 156 valence electrons. The molecule has 1 heterocycles. The summed E-state index contributed by atoms with van der Waals surface area (Å²) in [5.41, 5.74) is 0. The molecule has 1 saturated heterocycles. The molecule has 3 rings (SSSR count). The molecule has 8 heteroatoms. The van der Waals surface area contributed by atoms with Crippen molar-refractivity contribution in [2.24, 2.45) is 11.8 Å². The van der Waals surface area contributed by atoms with E-state index >= 15 is 0 Å². The summed E-state index contributed by atoms with van der Waals surface area (Å²) in [6.45, 7) is 6.04. The molecule has 2 amide bonds. The lowest BCUT2D eigenvalue weighted by atomic mass is 10.0. The number of nitrogens with zero attached hydrogens (tertiary/aromatic N) is 4. The van der Waals surface area contributed by atoms with E-state index in [9.17, 15) is 9.59 Å². The second kappa shape index (κ2) is 9.32. The van der Waals surface area contributed by atoms with Gasteiger partial charge in [-0.25, -0.2) is 9.21 Å². The van der Waals surface area contributed by atoms with Crippen molar-refractivity contribution in [1.82, 2.24) is 14.2 Å². The van der Waals surface area contributed by atoms with E-state index in [-0.39, 0.29) is 36.7 Å². The van der Waals surface area contributed by atoms with Gasteiger partial charge in [-0.05, 0) is 76.0 Å². The molecule has 0 bridgehead atoms. The number of fused-ring (bicyclic) bond motifs is 1. The normalized spacial score (nSPS) is 31.7. The third kappa shape index (κ3) is 4.55. The second-order valence-electron chi connectivity index (χ2n) is 8.23. The summed E-state index contributed by atoms with van der Waals surface area (Å²) in [6, 6.07) is 2.07. The Labute approximate surface area is 172 Å². The minimum Gasteiger partial charge on any atom is -0.446 e. The Balaban J connectivity index is 1.45. The summed E-state index contributed by atoms with van der Waals surface area (Å²) in [5.74, 6) is 0.936. The van der Waals surface area contributed by atoms with Crippen molar-refractivity contribution in [1.29, 1.82) is 5.26 Å². The number of likely N-dealkylation sites (tertiary alicyclic amines) is 1. The molecule has 0 spiro atoms. The van der Waals surface area contributed by atoms with Crippen LogP contribution in [0.1, 0.15) is 52.4 Å². The molecule has 0 aromatic heterocycles. The van der Waals surface area contributed by atoms with Crippen molar-refractivity contribution in [2.75, 3.05) is 26.2 Å². The Kier molecular flexibility index (Phi) is 7.05. The van der Waals surface area contributed by atoms with Crippen LogP contribution >= 0.6 is 11.8 Å². The van der Waals surface area contributed by atoms with Crippen LogP contribution in [0.15, 0.2) is 0 Å². The first kappa shape index (κ1) is 21.2. The Morgan fingerprint density at radius 3 is 2.39 bits per heavy atom. The fourth-order valence-corrected chi connectivity index (χ4v) is 5.36. The Morgan fingerprint density at radius 1 is 1.18 bits per heavy atom. The Morgan fingerprint density at radius 2 is 1.82 bits per heavy atom. The summed E-state index contributed by atoms with van der Waals surface area (Å²) >= 11 is 6.47. The summed E-state index contributed by atoms with van der Waals surface area (Å²) in [4.78, 5) is 28.0. The summed E-state index contributed by atoms with van der Waals surface area (Å²) in [5, 5.41) is 9.16. The third-order valence-electron chi connectivity index (χ3n) is 6.64. The standard InChI is InChI=1S/C20H31ClN4O3/c1-3-23(4-2)20(27)28-18-10-14-8-17(9-15(14)11-18)25(21)13-19(26)24-7-5-6-16(24)12-22/h14-18H,3-11,13H2,1-2H3/t14-,15+,16-,17?,18+/m0/s1. The largest absolute Gasteiger partial charge is 0.446 e. The molecular weight excluding hydrogens is 380 g/mol. The molecule has 0 radical (unpaired) electrons. The lowest BCUT2D eigenvalue weighted by Crippen LogP contribution is -2.42. The van der Waals surface area contributed by atoms with Crippen LogP contribution in [-0.4, -0.2) is 70.6 Å². The van der Waals surface area contributed by atoms with Gasteiger partial charge in [0.05, 0.1) is 12.6 Å². The first-order chi connectivity index (χ1) is 13.5. The van der Waals surface area contributed by atoms with Gasteiger partial charge in [0.25, 0.3) is 0 Å². The first-order valence-corrected chi connectivity index (χ1v) is 10.9. The van der Waals surface area contributed by atoms with E-state index in [1.54, 1.807) is 14.2 Å². The summed E-state index contributed by atoms with van der Waals surface area (Å²) < 4.78 is 7.34. The van der Waals surface area contributed by atoms with Crippen LogP contribution in [0.4, 0.5) is 4.79 Å². The maximum absolute atomic E-state index is 12.5. The van der Waals surface area contributed by atoms with Crippen LogP contribution in [0.2, 0.25) is 0 Å². The minimum absolute atomic E-state index is 0.00422. The number of rotatable bonds is 6. The molecule has 0 aromatic rings. The van der Waals surface area contributed by atoms with Crippen LogP contribution in [0.25, 0.3) is 0 Å². The van der Waals surface area contributed by atoms with Crippen LogP contribution in [-0.2, 0) is 9.53 Å². The van der Waals surface area contributed by atoms with Gasteiger partial charge in [0, 0.05) is 25.7 Å². The number of halogens is 1. The number of hydrogen-bond acceptors (Lipinski definition) is 5. The van der Waals surface area contributed by atoms with Crippen molar-refractivity contribution < 1.29 is 14.3 Å². The van der Waals surface area contributed by atoms with E-state index in [0.29, 0.717) is 31.5 Å². The van der Waals surface area contributed by atoms with Crippen molar-refractivity contribution in [3.05, 3.63) is 0 Å². The second-order valence-corrected chi connectivity index (χ2v) is 8.66. The molecule has 2 saturated carbocycles. The highest BCUT2D eigenvalue weighted by atomic mass is 35.5. The Bertz CT molecular complexity index is 607. The third-order valence-corrected chi connectivity index (χ3v) is 7.04. The molecule has 3 aliphatic rings. The maximum atomic E-state index is 12.5. The van der Waals surface area contributed by atoms with E-state index in [2.05, 4.69) is 6.07 Å². The molecule has 2 aliphatic carbocycles. The minimum atomic E-state index is -0.304. The van der Waals surface area contributed by atoms with Gasteiger partial charge in [0.2, 0.25) is 5.91 Å². The average Bonchev–Trinajstić information content (AvgIpc) is 3.36. The van der Waals surface area contributed by atoms with Crippen molar-refractivity contribution in [2.45, 2.75) is 70.6 Å². The predicted octanol–water partition coefficient (Wildman–Crippen LogP) is 2.99. The molecule has 0 aromatic carbocycles. The van der Waals surface area contributed by atoms with Crippen molar-refractivity contribution >= 4 is 23.8 Å². The van der Waals surface area contributed by atoms with Gasteiger partial charge in [-0.2, -0.15) is 5.26 Å². The molecule has 1 aliphatic heterocycles. The Hall–Kier alpha value is -1.52. The molecular formula is C20H31ClN4O3. The zero-order valence-corrected chi connectivity index (χ0v) is 17.6. The molecule has 7 nitrogen and oxygen atoms in total. The summed E-state index contributed by atoms with van der Waals surface area (Å²) in [7, 11) is 0. The fraction of sp³-hybridized carbons (Fsp3) is 0.850. The van der Waals surface area contributed by atoms with E-state index in [4.69, 9.17) is 21.8 Å². The molecule has 5 atom stereocenters. The number of ether oxygens (including phenoxy) is 1. The highest BCUT2D eigenvalue weighted by Crippen LogP contribution is 2.47. The zero-order valence-electron chi connectivity index (χ0n) is 16.8. The van der Waals surface area contributed by atoms with Crippen LogP contribution in [0, 0.1) is 23.2 Å². The molecule has 1 unspecified atom stereocenters. The number of carbonyl (C=O) groups is 2. The van der Waals surface area contributed by atoms with Gasteiger partial charge in [-0.15, -0.1) is 0 Å². The molecule has 28 heavy (non-hydrogen) atoms.